The Bertz CT molecular complexity index is 142. The second kappa shape index (κ2) is 2.14. The van der Waals surface area contributed by atoms with Crippen LogP contribution in [0.4, 0.5) is 0 Å². The van der Waals surface area contributed by atoms with Crippen LogP contribution in [0.2, 0.25) is 0 Å². The molecule has 0 saturated carbocycles. The first-order chi connectivity index (χ1) is 3.79. The Morgan fingerprint density at radius 2 is 1.88 bits per heavy atom. The van der Waals surface area contributed by atoms with Crippen molar-refractivity contribution in [2.75, 3.05) is 0 Å². The number of allylic oxidation sites excluding steroid dienone is 4. The third-order valence-electron chi connectivity index (χ3n) is 0.919. The first-order valence-corrected chi connectivity index (χ1v) is 2.82. The first-order valence-electron chi connectivity index (χ1n) is 2.38. The Morgan fingerprint density at radius 3 is 2.25 bits per heavy atom. The molecular weight excluding hydrogens is 122 g/mol. The molecule has 1 aliphatic carbocycles. The summed E-state index contributed by atoms with van der Waals surface area (Å²) in [5.74, 6) is 0. The van der Waals surface area contributed by atoms with Gasteiger partial charge in [-0.25, -0.2) is 0 Å². The molecule has 1 nitrogen and oxygen atoms in total. The van der Waals surface area contributed by atoms with Crippen molar-refractivity contribution < 1.29 is 0 Å². The summed E-state index contributed by atoms with van der Waals surface area (Å²) in [7, 11) is 0. The van der Waals surface area contributed by atoms with Crippen molar-refractivity contribution in [2.45, 2.75) is 5.38 Å². The van der Waals surface area contributed by atoms with Gasteiger partial charge in [-0.3, -0.25) is 0 Å². The fraction of sp³-hybridized carbons (Fsp3) is 0.167. The van der Waals surface area contributed by atoms with E-state index in [1.165, 1.54) is 0 Å². The van der Waals surface area contributed by atoms with Gasteiger partial charge >= 0.3 is 0 Å². The van der Waals surface area contributed by atoms with Crippen molar-refractivity contribution >= 4 is 17.3 Å². The van der Waals surface area contributed by atoms with Gasteiger partial charge in [0, 0.05) is 0 Å². The van der Waals surface area contributed by atoms with Gasteiger partial charge in [0.2, 0.25) is 0 Å². The molecule has 42 valence electrons. The summed E-state index contributed by atoms with van der Waals surface area (Å²) in [6, 6.07) is 0. The average Bonchev–Trinajstić information content (AvgIpc) is 1.77. The molecule has 0 aromatic rings. The lowest BCUT2D eigenvalue weighted by atomic mass is 10.2. The van der Waals surface area contributed by atoms with Crippen LogP contribution < -0.4 is 0 Å². The van der Waals surface area contributed by atoms with Crippen LogP contribution in [0.15, 0.2) is 24.3 Å². The second-order valence-corrected chi connectivity index (χ2v) is 2.12. The fourth-order valence-electron chi connectivity index (χ4n) is 0.511. The van der Waals surface area contributed by atoms with E-state index in [0.717, 1.165) is 0 Å². The Balaban J connectivity index is 2.68. The summed E-state index contributed by atoms with van der Waals surface area (Å²) < 4.78 is 0. The average molecular weight is 128 g/mol. The van der Waals surface area contributed by atoms with E-state index in [-0.39, 0.29) is 5.38 Å². The summed E-state index contributed by atoms with van der Waals surface area (Å²) >= 11 is 5.61. The highest BCUT2D eigenvalue weighted by atomic mass is 35.5. The zero-order chi connectivity index (χ0) is 5.98. The van der Waals surface area contributed by atoms with Crippen LogP contribution in [-0.2, 0) is 0 Å². The van der Waals surface area contributed by atoms with E-state index in [1.807, 2.05) is 0 Å². The van der Waals surface area contributed by atoms with Crippen LogP contribution in [0.3, 0.4) is 0 Å². The number of hydrogen-bond acceptors (Lipinski definition) is 1. The van der Waals surface area contributed by atoms with Crippen LogP contribution in [0.1, 0.15) is 0 Å². The lowest BCUT2D eigenvalue weighted by Gasteiger charge is -1.99. The Morgan fingerprint density at radius 1 is 1.38 bits per heavy atom. The molecule has 0 aliphatic heterocycles. The fourth-order valence-corrected chi connectivity index (χ4v) is 0.656. The highest BCUT2D eigenvalue weighted by Gasteiger charge is 1.97. The summed E-state index contributed by atoms with van der Waals surface area (Å²) in [6.07, 6.45) is 6.95. The van der Waals surface area contributed by atoms with Crippen molar-refractivity contribution in [2.24, 2.45) is 0 Å². The van der Waals surface area contributed by atoms with Crippen LogP contribution >= 0.6 is 11.6 Å². The zero-order valence-corrected chi connectivity index (χ0v) is 5.02. The van der Waals surface area contributed by atoms with Gasteiger partial charge in [0.1, 0.15) is 0 Å². The molecule has 0 amide bonds. The van der Waals surface area contributed by atoms with Crippen molar-refractivity contribution in [1.82, 2.24) is 0 Å². The van der Waals surface area contributed by atoms with Crippen molar-refractivity contribution in [3.05, 3.63) is 24.3 Å². The highest BCUT2D eigenvalue weighted by Crippen LogP contribution is 2.04. The van der Waals surface area contributed by atoms with Gasteiger partial charge in [-0.2, -0.15) is 0 Å². The predicted molar refractivity (Wildman–Crippen MR) is 35.6 cm³/mol. The molecule has 0 unspecified atom stereocenters. The van der Waals surface area contributed by atoms with Gasteiger partial charge in [-0.05, 0) is 12.2 Å². The normalized spacial score (nSPS) is 26.6. The van der Waals surface area contributed by atoms with Crippen LogP contribution in [-0.4, -0.2) is 11.1 Å². The third-order valence-corrected chi connectivity index (χ3v) is 1.21. The van der Waals surface area contributed by atoms with E-state index in [9.17, 15) is 0 Å². The molecule has 1 aliphatic rings. The molecule has 0 spiro atoms. The number of hydrogen-bond donors (Lipinski definition) is 1. The van der Waals surface area contributed by atoms with E-state index >= 15 is 0 Å². The van der Waals surface area contributed by atoms with Crippen molar-refractivity contribution in [3.8, 4) is 0 Å². The van der Waals surface area contributed by atoms with Crippen molar-refractivity contribution in [3.63, 3.8) is 0 Å². The second-order valence-electron chi connectivity index (χ2n) is 1.62. The molecule has 0 atom stereocenters. The number of nitrogens with one attached hydrogen (secondary N) is 1. The summed E-state index contributed by atoms with van der Waals surface area (Å²) in [5.41, 5.74) is 0.516. The molecule has 1 N–H and O–H groups in total. The van der Waals surface area contributed by atoms with E-state index in [2.05, 4.69) is 0 Å². The van der Waals surface area contributed by atoms with Gasteiger partial charge in [-0.1, -0.05) is 12.2 Å². The number of halogens is 1. The maximum atomic E-state index is 7.05. The standard InChI is InChI=1S/C6H6ClN/c7-5-1-3-6(8)4-2-5/h1-5,8H. The predicted octanol–water partition coefficient (Wildman–Crippen LogP) is 1.74. The van der Waals surface area contributed by atoms with Gasteiger partial charge in [-0.15, -0.1) is 11.6 Å². The molecule has 0 radical (unpaired) electrons. The number of alkyl halides is 1. The minimum atomic E-state index is -0.0101. The highest BCUT2D eigenvalue weighted by molar-refractivity contribution is 6.24. The number of rotatable bonds is 0. The summed E-state index contributed by atoms with van der Waals surface area (Å²) in [6.45, 7) is 0. The molecule has 0 bridgehead atoms. The van der Waals surface area contributed by atoms with E-state index in [0.29, 0.717) is 5.71 Å². The van der Waals surface area contributed by atoms with E-state index in [4.69, 9.17) is 17.0 Å². The van der Waals surface area contributed by atoms with Crippen LogP contribution in [0, 0.1) is 5.41 Å². The smallest absolute Gasteiger partial charge is 0.0704 e. The minimum Gasteiger partial charge on any atom is -0.301 e. The molecule has 1 rings (SSSR count). The van der Waals surface area contributed by atoms with Gasteiger partial charge in [0.05, 0.1) is 11.1 Å². The monoisotopic (exact) mass is 127 g/mol. The van der Waals surface area contributed by atoms with Crippen LogP contribution in [0.5, 0.6) is 0 Å². The topological polar surface area (TPSA) is 23.9 Å². The van der Waals surface area contributed by atoms with Gasteiger partial charge < -0.3 is 5.41 Å². The third kappa shape index (κ3) is 1.20. The maximum absolute atomic E-state index is 7.05. The largest absolute Gasteiger partial charge is 0.301 e. The van der Waals surface area contributed by atoms with Gasteiger partial charge in [0.15, 0.2) is 0 Å². The lowest BCUT2D eigenvalue weighted by molar-refractivity contribution is 1.37. The van der Waals surface area contributed by atoms with E-state index < -0.39 is 0 Å². The molecule has 0 aromatic carbocycles. The van der Waals surface area contributed by atoms with Crippen molar-refractivity contribution in [1.29, 1.82) is 5.41 Å². The minimum absolute atomic E-state index is 0.0101. The molecule has 2 heteroatoms. The quantitative estimate of drug-likeness (QED) is 0.480. The Hall–Kier alpha value is -0.560. The van der Waals surface area contributed by atoms with Gasteiger partial charge in [0.25, 0.3) is 0 Å². The SMILES string of the molecule is N=C1C=CC(Cl)C=C1. The molecule has 0 heterocycles. The first kappa shape index (κ1) is 5.57. The molecule has 0 saturated heterocycles. The lowest BCUT2D eigenvalue weighted by Crippen LogP contribution is -1.97. The Labute approximate surface area is 53.2 Å². The van der Waals surface area contributed by atoms with E-state index in [1.54, 1.807) is 24.3 Å². The molecule has 8 heavy (non-hydrogen) atoms. The zero-order valence-electron chi connectivity index (χ0n) is 4.26. The Kier molecular flexibility index (Phi) is 1.49. The molecular formula is C6H6ClN. The maximum Gasteiger partial charge on any atom is 0.0704 e. The summed E-state index contributed by atoms with van der Waals surface area (Å²) in [4.78, 5) is 0. The van der Waals surface area contributed by atoms with Crippen LogP contribution in [0.25, 0.3) is 0 Å². The summed E-state index contributed by atoms with van der Waals surface area (Å²) in [5, 5.41) is 7.04. The molecule has 0 aromatic heterocycles. The molecule has 0 fully saturated rings.